The molecule has 4 aromatic heterocycles. The van der Waals surface area contributed by atoms with Gasteiger partial charge in [-0.25, -0.2) is 14.5 Å². The van der Waals surface area contributed by atoms with E-state index in [2.05, 4.69) is 27.0 Å². The molecule has 1 aromatic carbocycles. The molecule has 0 radical (unpaired) electrons. The van der Waals surface area contributed by atoms with Gasteiger partial charge in [0.05, 0.1) is 11.4 Å². The summed E-state index contributed by atoms with van der Waals surface area (Å²) in [4.78, 5) is 13.1. The summed E-state index contributed by atoms with van der Waals surface area (Å²) < 4.78 is 9.76. The van der Waals surface area contributed by atoms with Crippen molar-refractivity contribution in [2.75, 3.05) is 0 Å². The molecule has 0 aliphatic carbocycles. The highest BCUT2D eigenvalue weighted by molar-refractivity contribution is 5.70. The molecule has 0 saturated heterocycles. The Hall–Kier alpha value is -3.74. The van der Waals surface area contributed by atoms with Crippen molar-refractivity contribution >= 4 is 11.3 Å². The number of aryl methyl sites for hydroxylation is 2. The van der Waals surface area contributed by atoms with Crippen molar-refractivity contribution in [1.29, 1.82) is 0 Å². The molecule has 0 spiro atoms. The molecular weight excluding hydrogens is 340 g/mol. The van der Waals surface area contributed by atoms with Crippen LogP contribution in [0.15, 0.2) is 61.3 Å². The first-order valence-corrected chi connectivity index (χ1v) is 8.57. The molecule has 0 amide bonds. The fraction of sp³-hybridized carbons (Fsp3) is 0.100. The average Bonchev–Trinajstić information content (AvgIpc) is 3.26. The lowest BCUT2D eigenvalue weighted by Crippen LogP contribution is -1.97. The van der Waals surface area contributed by atoms with Gasteiger partial charge in [-0.05, 0) is 55.8 Å². The van der Waals surface area contributed by atoms with Gasteiger partial charge in [-0.1, -0.05) is 0 Å². The third kappa shape index (κ3) is 2.52. The van der Waals surface area contributed by atoms with E-state index < -0.39 is 0 Å². The van der Waals surface area contributed by atoms with Crippen LogP contribution in [0.4, 0.5) is 0 Å². The maximum atomic E-state index is 6.01. The highest BCUT2D eigenvalue weighted by Crippen LogP contribution is 2.31. The van der Waals surface area contributed by atoms with Crippen LogP contribution in [0, 0.1) is 13.8 Å². The Morgan fingerprint density at radius 2 is 1.93 bits per heavy atom. The van der Waals surface area contributed by atoms with Crippen LogP contribution >= 0.6 is 0 Å². The van der Waals surface area contributed by atoms with Crippen LogP contribution in [0.1, 0.15) is 11.3 Å². The summed E-state index contributed by atoms with van der Waals surface area (Å²) in [6.07, 6.45) is 7.07. The summed E-state index contributed by atoms with van der Waals surface area (Å²) in [5, 5.41) is 4.16. The average molecular weight is 356 g/mol. The first kappa shape index (κ1) is 15.5. The van der Waals surface area contributed by atoms with Gasteiger partial charge >= 0.3 is 0 Å². The van der Waals surface area contributed by atoms with Gasteiger partial charge in [-0.15, -0.1) is 0 Å². The summed E-state index contributed by atoms with van der Waals surface area (Å²) in [5.74, 6) is 1.95. The lowest BCUT2D eigenvalue weighted by molar-refractivity contribution is 0.463. The summed E-state index contributed by atoms with van der Waals surface area (Å²) in [7, 11) is 0. The Balaban J connectivity index is 1.56. The molecule has 0 fully saturated rings. The maximum absolute atomic E-state index is 6.01. The van der Waals surface area contributed by atoms with E-state index in [1.807, 2.05) is 60.1 Å². The van der Waals surface area contributed by atoms with Crippen molar-refractivity contribution in [3.05, 3.63) is 72.6 Å². The molecule has 0 bridgehead atoms. The smallest absolute Gasteiger partial charge is 0.247 e. The monoisotopic (exact) mass is 356 g/mol. The first-order chi connectivity index (χ1) is 13.2. The first-order valence-electron chi connectivity index (χ1n) is 8.57. The molecule has 0 aliphatic heterocycles. The van der Waals surface area contributed by atoms with E-state index in [0.29, 0.717) is 11.7 Å². The zero-order valence-electron chi connectivity index (χ0n) is 14.9. The number of hydrogen-bond donors (Lipinski definition) is 0. The molecule has 0 aliphatic rings. The summed E-state index contributed by atoms with van der Waals surface area (Å²) in [6.45, 7) is 4.06. The van der Waals surface area contributed by atoms with Crippen LogP contribution in [0.3, 0.4) is 0 Å². The van der Waals surface area contributed by atoms with E-state index in [4.69, 9.17) is 4.74 Å². The zero-order chi connectivity index (χ0) is 18.4. The lowest BCUT2D eigenvalue weighted by atomic mass is 10.0. The molecule has 4 heterocycles. The fourth-order valence-corrected chi connectivity index (χ4v) is 3.32. The Kier molecular flexibility index (Phi) is 3.39. The van der Waals surface area contributed by atoms with Gasteiger partial charge in [0.25, 0.3) is 0 Å². The molecule has 5 rings (SSSR count). The molecule has 0 N–H and O–H groups in total. The lowest BCUT2D eigenvalue weighted by Gasteiger charge is -2.11. The van der Waals surface area contributed by atoms with E-state index in [0.717, 1.165) is 33.8 Å². The molecule has 0 atom stereocenters. The molecule has 5 aromatic rings. The van der Waals surface area contributed by atoms with Crippen LogP contribution in [0.2, 0.25) is 0 Å². The van der Waals surface area contributed by atoms with Crippen LogP contribution in [-0.4, -0.2) is 29.0 Å². The molecular formula is C20H16N6O. The van der Waals surface area contributed by atoms with Crippen LogP contribution in [-0.2, 0) is 0 Å². The summed E-state index contributed by atoms with van der Waals surface area (Å²) >= 11 is 0. The van der Waals surface area contributed by atoms with E-state index in [-0.39, 0.29) is 0 Å². The molecule has 27 heavy (non-hydrogen) atoms. The minimum atomic E-state index is 0.525. The normalized spacial score (nSPS) is 11.3. The van der Waals surface area contributed by atoms with Gasteiger partial charge in [-0.3, -0.25) is 4.40 Å². The molecule has 7 heteroatoms. The van der Waals surface area contributed by atoms with E-state index >= 15 is 0 Å². The second-order valence-corrected chi connectivity index (χ2v) is 6.32. The maximum Gasteiger partial charge on any atom is 0.247 e. The predicted octanol–water partition coefficient (Wildman–Crippen LogP) is 3.85. The van der Waals surface area contributed by atoms with E-state index in [9.17, 15) is 0 Å². The summed E-state index contributed by atoms with van der Waals surface area (Å²) in [5.41, 5.74) is 4.98. The van der Waals surface area contributed by atoms with E-state index in [1.54, 1.807) is 10.7 Å². The quantitative estimate of drug-likeness (QED) is 0.491. The Morgan fingerprint density at radius 3 is 2.81 bits per heavy atom. The van der Waals surface area contributed by atoms with Gasteiger partial charge in [0.2, 0.25) is 11.7 Å². The number of nitrogens with zero attached hydrogens (tertiary/aromatic N) is 6. The Labute approximate surface area is 154 Å². The second-order valence-electron chi connectivity index (χ2n) is 6.32. The van der Waals surface area contributed by atoms with Crippen LogP contribution in [0.25, 0.3) is 22.6 Å². The minimum absolute atomic E-state index is 0.525. The van der Waals surface area contributed by atoms with Crippen LogP contribution in [0.5, 0.6) is 11.6 Å². The number of benzene rings is 1. The Bertz CT molecular complexity index is 1290. The van der Waals surface area contributed by atoms with Crippen molar-refractivity contribution in [3.63, 3.8) is 0 Å². The minimum Gasteiger partial charge on any atom is -0.437 e. The molecule has 0 unspecified atom stereocenters. The number of hydrogen-bond acceptors (Lipinski definition) is 5. The van der Waals surface area contributed by atoms with Crippen molar-refractivity contribution < 1.29 is 4.74 Å². The van der Waals surface area contributed by atoms with Crippen molar-refractivity contribution in [1.82, 2.24) is 29.0 Å². The number of rotatable bonds is 3. The number of aromatic nitrogens is 6. The standard InChI is InChI=1S/C20H16N6O/c1-13-11-15(27-19-17-5-3-10-26(17)23-12-22-19)6-7-16(13)18-14(2)24-20-21-8-4-9-25(18)20/h3-12H,1-2H3. The Morgan fingerprint density at radius 1 is 1.00 bits per heavy atom. The fourth-order valence-electron chi connectivity index (χ4n) is 3.32. The van der Waals surface area contributed by atoms with Crippen molar-refractivity contribution in [3.8, 4) is 22.9 Å². The van der Waals surface area contributed by atoms with Crippen LogP contribution < -0.4 is 4.74 Å². The number of imidazole rings is 1. The molecule has 7 nitrogen and oxygen atoms in total. The van der Waals surface area contributed by atoms with Crippen molar-refractivity contribution in [2.24, 2.45) is 0 Å². The SMILES string of the molecule is Cc1cc(Oc2ncnn3cccc23)ccc1-c1c(C)nc2ncccn12. The molecule has 0 saturated carbocycles. The second kappa shape index (κ2) is 5.91. The number of ether oxygens (including phenoxy) is 1. The highest BCUT2D eigenvalue weighted by Gasteiger charge is 2.14. The van der Waals surface area contributed by atoms with Gasteiger partial charge in [0.15, 0.2) is 0 Å². The molecule has 132 valence electrons. The van der Waals surface area contributed by atoms with E-state index in [1.165, 1.54) is 6.33 Å². The van der Waals surface area contributed by atoms with Gasteiger partial charge in [-0.2, -0.15) is 10.1 Å². The zero-order valence-corrected chi connectivity index (χ0v) is 14.9. The third-order valence-electron chi connectivity index (χ3n) is 4.54. The van der Waals surface area contributed by atoms with Gasteiger partial charge < -0.3 is 4.74 Å². The predicted molar refractivity (Wildman–Crippen MR) is 101 cm³/mol. The summed E-state index contributed by atoms with van der Waals surface area (Å²) in [6, 6.07) is 11.7. The largest absolute Gasteiger partial charge is 0.437 e. The van der Waals surface area contributed by atoms with Gasteiger partial charge in [0.1, 0.15) is 17.6 Å². The topological polar surface area (TPSA) is 69.6 Å². The third-order valence-corrected chi connectivity index (χ3v) is 4.54. The number of fused-ring (bicyclic) bond motifs is 2. The van der Waals surface area contributed by atoms with Gasteiger partial charge in [0, 0.05) is 24.2 Å². The highest BCUT2D eigenvalue weighted by atomic mass is 16.5. The van der Waals surface area contributed by atoms with Crippen molar-refractivity contribution in [2.45, 2.75) is 13.8 Å².